The molecule has 2 aromatic rings. The number of alkyl halides is 3. The maximum atomic E-state index is 12.9. The lowest BCUT2D eigenvalue weighted by Crippen LogP contribution is -2.17. The van der Waals surface area contributed by atoms with Crippen LogP contribution in [0.4, 0.5) is 18.9 Å². The van der Waals surface area contributed by atoms with E-state index in [1.165, 1.54) is 0 Å². The smallest absolute Gasteiger partial charge is 0.417 e. The van der Waals surface area contributed by atoms with Crippen molar-refractivity contribution in [3.8, 4) is 11.6 Å². The first-order valence-electron chi connectivity index (χ1n) is 9.71. The molecular weight excluding hydrogens is 520 g/mol. The van der Waals surface area contributed by atoms with E-state index in [1.807, 2.05) is 0 Å². The number of aromatic nitrogens is 1. The Balaban J connectivity index is 2.37. The van der Waals surface area contributed by atoms with Gasteiger partial charge in [-0.15, -0.1) is 0 Å². The predicted octanol–water partition coefficient (Wildman–Crippen LogP) is 6.40. The zero-order valence-electron chi connectivity index (χ0n) is 18.5. The molecule has 0 bridgehead atoms. The number of hydrogen-bond acceptors (Lipinski definition) is 8. The van der Waals surface area contributed by atoms with Crippen LogP contribution in [-0.2, 0) is 26.5 Å². The summed E-state index contributed by atoms with van der Waals surface area (Å²) in [5.41, 5.74) is -1.91. The lowest BCUT2D eigenvalue weighted by molar-refractivity contribution is -0.383. The number of nitro benzene ring substituents is 1. The quantitative estimate of drug-likeness (QED) is 0.164. The molecule has 14 heteroatoms. The molecule has 0 aliphatic rings. The molecule has 2 rings (SSSR count). The normalized spacial score (nSPS) is 12.9. The van der Waals surface area contributed by atoms with Gasteiger partial charge in [0.2, 0.25) is 13.9 Å². The number of hydrogen-bond donors (Lipinski definition) is 0. The van der Waals surface area contributed by atoms with Crippen LogP contribution in [0.5, 0.6) is 11.6 Å². The number of thioether (sulfide) groups is 1. The van der Waals surface area contributed by atoms with E-state index in [0.717, 1.165) is 23.9 Å². The third-order valence-electron chi connectivity index (χ3n) is 4.31. The van der Waals surface area contributed by atoms with Gasteiger partial charge < -0.3 is 9.26 Å². The van der Waals surface area contributed by atoms with Crippen LogP contribution in [0.2, 0.25) is 5.02 Å². The van der Waals surface area contributed by atoms with Gasteiger partial charge in [-0.05, 0) is 12.5 Å². The number of carbonyl (C=O) groups is 1. The minimum Gasteiger partial charge on any atom is -0.437 e. The second-order valence-corrected chi connectivity index (χ2v) is 10.6. The molecule has 34 heavy (non-hydrogen) atoms. The summed E-state index contributed by atoms with van der Waals surface area (Å²) in [5, 5.41) is 10.6. The second-order valence-electron chi connectivity index (χ2n) is 7.93. The van der Waals surface area contributed by atoms with E-state index in [-0.39, 0.29) is 34.4 Å². The molecule has 0 saturated carbocycles. The number of pyridine rings is 1. The Morgan fingerprint density at radius 3 is 2.41 bits per heavy atom. The molecule has 0 spiro atoms. The van der Waals surface area contributed by atoms with E-state index < -0.39 is 40.8 Å². The fraction of sp³-hybridized carbons (Fsp3) is 0.400. The summed E-state index contributed by atoms with van der Waals surface area (Å²) in [4.78, 5) is 26.4. The van der Waals surface area contributed by atoms with E-state index in [9.17, 15) is 32.6 Å². The fourth-order valence-electron chi connectivity index (χ4n) is 2.49. The highest BCUT2D eigenvalue weighted by molar-refractivity contribution is 8.13. The van der Waals surface area contributed by atoms with Crippen molar-refractivity contribution < 1.29 is 36.7 Å². The van der Waals surface area contributed by atoms with Crippen molar-refractivity contribution >= 4 is 47.5 Å². The summed E-state index contributed by atoms with van der Waals surface area (Å²) in [7, 11) is -3.20. The maximum Gasteiger partial charge on any atom is 0.417 e. The van der Waals surface area contributed by atoms with E-state index >= 15 is 0 Å². The van der Waals surface area contributed by atoms with Crippen LogP contribution in [0.3, 0.4) is 0 Å². The predicted molar refractivity (Wildman–Crippen MR) is 123 cm³/mol. The topological polar surface area (TPSA) is 109 Å². The maximum absolute atomic E-state index is 12.9. The second kappa shape index (κ2) is 11.1. The Hall–Kier alpha value is -2.14. The highest BCUT2D eigenvalue weighted by Gasteiger charge is 2.32. The average Bonchev–Trinajstić information content (AvgIpc) is 2.72. The summed E-state index contributed by atoms with van der Waals surface area (Å²) in [6.45, 7) is 6.76. The van der Waals surface area contributed by atoms with E-state index in [2.05, 4.69) is 4.98 Å². The first kappa shape index (κ1) is 28.1. The van der Waals surface area contributed by atoms with Gasteiger partial charge in [-0.2, -0.15) is 13.2 Å². The molecule has 186 valence electrons. The molecule has 0 saturated heterocycles. The first-order valence-corrected chi connectivity index (χ1v) is 12.4. The number of halogens is 4. The number of nitro groups is 1. The largest absolute Gasteiger partial charge is 0.437 e. The molecular formula is C20H21ClF3N2O6PS. The zero-order chi connectivity index (χ0) is 25.8. The zero-order valence-corrected chi connectivity index (χ0v) is 21.1. The van der Waals surface area contributed by atoms with Gasteiger partial charge in [-0.25, -0.2) is 4.98 Å². The van der Waals surface area contributed by atoms with Crippen LogP contribution < -0.4 is 10.0 Å². The number of rotatable bonds is 8. The fourth-order valence-corrected chi connectivity index (χ4v) is 4.67. The van der Waals surface area contributed by atoms with Crippen molar-refractivity contribution in [3.05, 3.63) is 50.7 Å². The van der Waals surface area contributed by atoms with Gasteiger partial charge in [0.15, 0.2) is 5.12 Å². The van der Waals surface area contributed by atoms with E-state index in [0.29, 0.717) is 17.8 Å². The Morgan fingerprint density at radius 1 is 1.26 bits per heavy atom. The van der Waals surface area contributed by atoms with Gasteiger partial charge in [0.1, 0.15) is 22.0 Å². The van der Waals surface area contributed by atoms with Crippen molar-refractivity contribution in [2.75, 3.05) is 5.94 Å². The molecule has 8 nitrogen and oxygen atoms in total. The molecule has 1 aromatic heterocycles. The van der Waals surface area contributed by atoms with Gasteiger partial charge in [0.05, 0.1) is 10.5 Å². The highest BCUT2D eigenvalue weighted by Crippen LogP contribution is 2.38. The standard InChI is InChI=1S/C20H21ClF3N2O6PS/c1-5-11-6-14(26(28)29)16(33(30)31-10-34-18(27)19(2,3)4)8-15(11)32-17-13(21)7-12(9-25-17)20(22,23)24/h6-9,33H,5,10H2,1-4H3. The van der Waals surface area contributed by atoms with E-state index in [1.54, 1.807) is 27.7 Å². The highest BCUT2D eigenvalue weighted by atomic mass is 35.5. The monoisotopic (exact) mass is 540 g/mol. The Morgan fingerprint density at radius 2 is 1.91 bits per heavy atom. The van der Waals surface area contributed by atoms with Crippen LogP contribution in [0.1, 0.15) is 38.8 Å². The van der Waals surface area contributed by atoms with Crippen molar-refractivity contribution in [2.45, 2.75) is 40.3 Å². The SMILES string of the molecule is CCc1cc([N+](=O)[O-])c([PH](=O)OCSC(=O)C(C)(C)C)cc1Oc1ncc(C(F)(F)F)cc1Cl. The molecule has 1 heterocycles. The molecule has 1 atom stereocenters. The van der Waals surface area contributed by atoms with E-state index in [4.69, 9.17) is 20.9 Å². The Labute approximate surface area is 203 Å². The molecule has 0 N–H and O–H groups in total. The number of ether oxygens (including phenoxy) is 1. The van der Waals surface area contributed by atoms with Crippen molar-refractivity contribution in [3.63, 3.8) is 0 Å². The lowest BCUT2D eigenvalue weighted by atomic mass is 10.00. The Bertz CT molecular complexity index is 1120. The van der Waals surface area contributed by atoms with Crippen LogP contribution in [0.15, 0.2) is 24.4 Å². The summed E-state index contributed by atoms with van der Waals surface area (Å²) >= 11 is 6.67. The van der Waals surface area contributed by atoms with Gasteiger partial charge >= 0.3 is 6.18 Å². The number of nitrogens with zero attached hydrogens (tertiary/aromatic N) is 2. The van der Waals surface area contributed by atoms with Crippen molar-refractivity contribution in [1.29, 1.82) is 0 Å². The number of carbonyl (C=O) groups excluding carboxylic acids is 1. The average molecular weight is 541 g/mol. The van der Waals surface area contributed by atoms with Gasteiger partial charge in [0, 0.05) is 29.3 Å². The summed E-state index contributed by atoms with van der Waals surface area (Å²) in [5.74, 6) is -0.683. The van der Waals surface area contributed by atoms with Crippen LogP contribution in [-0.4, -0.2) is 21.0 Å². The molecule has 0 radical (unpaired) electrons. The van der Waals surface area contributed by atoms with Gasteiger partial charge in [-0.3, -0.25) is 19.5 Å². The molecule has 1 aromatic carbocycles. The molecule has 0 aliphatic carbocycles. The van der Waals surface area contributed by atoms with Crippen LogP contribution >= 0.6 is 31.4 Å². The Kier molecular flexibility index (Phi) is 9.15. The minimum absolute atomic E-state index is 0.0300. The van der Waals surface area contributed by atoms with Crippen molar-refractivity contribution in [1.82, 2.24) is 4.98 Å². The first-order chi connectivity index (χ1) is 15.6. The molecule has 0 amide bonds. The van der Waals surface area contributed by atoms with Gasteiger partial charge in [-0.1, -0.05) is 51.1 Å². The van der Waals surface area contributed by atoms with Crippen LogP contribution in [0.25, 0.3) is 0 Å². The van der Waals surface area contributed by atoms with Crippen molar-refractivity contribution in [2.24, 2.45) is 5.41 Å². The molecule has 0 fully saturated rings. The molecule has 0 aliphatic heterocycles. The summed E-state index contributed by atoms with van der Waals surface area (Å²) in [6, 6.07) is 2.89. The van der Waals surface area contributed by atoms with Crippen LogP contribution in [0, 0.1) is 15.5 Å². The van der Waals surface area contributed by atoms with Gasteiger partial charge in [0.25, 0.3) is 5.69 Å². The number of benzene rings is 1. The lowest BCUT2D eigenvalue weighted by Gasteiger charge is -2.16. The minimum atomic E-state index is -4.66. The summed E-state index contributed by atoms with van der Waals surface area (Å²) < 4.78 is 62.0. The third kappa shape index (κ3) is 7.18. The summed E-state index contributed by atoms with van der Waals surface area (Å²) in [6.07, 6.45) is -3.88. The number of aryl methyl sites for hydroxylation is 1. The third-order valence-corrected chi connectivity index (χ3v) is 7.15. The molecule has 1 unspecified atom stereocenters.